The van der Waals surface area contributed by atoms with Crippen LogP contribution in [0, 0.1) is 17.1 Å². The lowest BCUT2D eigenvalue weighted by molar-refractivity contribution is 0.0757. The number of nitrogens with one attached hydrogen (secondary N) is 1. The first-order chi connectivity index (χ1) is 18.4. The van der Waals surface area contributed by atoms with E-state index < -0.39 is 5.41 Å². The van der Waals surface area contributed by atoms with Crippen LogP contribution in [0.5, 0.6) is 0 Å². The third-order valence-electron chi connectivity index (χ3n) is 7.32. The number of halogens is 1. The highest BCUT2D eigenvalue weighted by atomic mass is 19.1. The topological polar surface area (TPSA) is 91.1 Å². The van der Waals surface area contributed by atoms with E-state index in [-0.39, 0.29) is 18.3 Å². The van der Waals surface area contributed by atoms with E-state index in [1.807, 2.05) is 37.3 Å². The summed E-state index contributed by atoms with van der Waals surface area (Å²) < 4.78 is 19.9. The van der Waals surface area contributed by atoms with E-state index in [0.29, 0.717) is 30.2 Å². The van der Waals surface area contributed by atoms with Crippen molar-refractivity contribution >= 4 is 22.5 Å². The molecule has 1 saturated heterocycles. The average molecular weight is 508 g/mol. The van der Waals surface area contributed by atoms with Gasteiger partial charge in [0.15, 0.2) is 0 Å². The quantitative estimate of drug-likeness (QED) is 0.414. The maximum atomic E-state index is 14.4. The van der Waals surface area contributed by atoms with Gasteiger partial charge in [0.05, 0.1) is 42.7 Å². The van der Waals surface area contributed by atoms with Crippen molar-refractivity contribution in [1.29, 1.82) is 5.26 Å². The summed E-state index contributed by atoms with van der Waals surface area (Å²) in [6.45, 7) is 4.64. The number of carbonyl (C=O) groups excluding carboxylic acids is 1. The van der Waals surface area contributed by atoms with E-state index in [4.69, 9.17) is 9.72 Å². The largest absolute Gasteiger partial charge is 0.375 e. The Kier molecular flexibility index (Phi) is 6.01. The van der Waals surface area contributed by atoms with Crippen LogP contribution in [0.25, 0.3) is 22.2 Å². The van der Waals surface area contributed by atoms with Gasteiger partial charge in [0.25, 0.3) is 5.91 Å². The van der Waals surface area contributed by atoms with Gasteiger partial charge in [0.2, 0.25) is 0 Å². The summed E-state index contributed by atoms with van der Waals surface area (Å²) in [6, 6.07) is 18.4. The maximum Gasteiger partial charge on any atom is 0.251 e. The molecule has 1 amide bonds. The summed E-state index contributed by atoms with van der Waals surface area (Å²) in [7, 11) is 0. The van der Waals surface area contributed by atoms with E-state index in [9.17, 15) is 14.4 Å². The van der Waals surface area contributed by atoms with E-state index in [1.165, 1.54) is 6.07 Å². The molecule has 1 atom stereocenters. The normalized spacial score (nSPS) is 18.4. The Balaban J connectivity index is 1.21. The molecule has 1 fully saturated rings. The molecule has 2 aromatic carbocycles. The number of hydrogen-bond acceptors (Lipinski definition) is 6. The molecular weight excluding hydrogens is 481 g/mol. The standard InChI is InChI=1S/C30H26FN5O2/c1-30(17-32)18-38-16-21-4-3-19(11-26(21)30)29(37)34-15-24-13-28-20(14-33-24)5-6-27(35-28)22-9-23(31)12-25(10-22)36-7-2-8-36/h3-6,9-14H,2,7-8,15-16,18H2,1H3,(H,34,37)/t30-/m1/s1. The molecule has 0 aliphatic carbocycles. The van der Waals surface area contributed by atoms with Crippen molar-refractivity contribution < 1.29 is 13.9 Å². The lowest BCUT2D eigenvalue weighted by Crippen LogP contribution is -2.37. The fourth-order valence-corrected chi connectivity index (χ4v) is 4.96. The number of ether oxygens (including phenoxy) is 1. The van der Waals surface area contributed by atoms with Gasteiger partial charge in [-0.25, -0.2) is 9.37 Å². The Morgan fingerprint density at radius 2 is 2.05 bits per heavy atom. The predicted octanol–water partition coefficient (Wildman–Crippen LogP) is 4.89. The number of pyridine rings is 2. The molecule has 190 valence electrons. The van der Waals surface area contributed by atoms with Crippen LogP contribution in [-0.2, 0) is 23.3 Å². The van der Waals surface area contributed by atoms with Gasteiger partial charge in [-0.05, 0) is 73.0 Å². The smallest absolute Gasteiger partial charge is 0.251 e. The zero-order valence-corrected chi connectivity index (χ0v) is 21.0. The molecule has 8 heteroatoms. The maximum absolute atomic E-state index is 14.4. The molecule has 7 nitrogen and oxygen atoms in total. The monoisotopic (exact) mass is 507 g/mol. The number of hydrogen-bond donors (Lipinski definition) is 1. The van der Waals surface area contributed by atoms with Crippen LogP contribution < -0.4 is 10.2 Å². The summed E-state index contributed by atoms with van der Waals surface area (Å²) in [6.07, 6.45) is 2.84. The Morgan fingerprint density at radius 3 is 2.84 bits per heavy atom. The number of rotatable bonds is 5. The first-order valence-electron chi connectivity index (χ1n) is 12.6. The van der Waals surface area contributed by atoms with Gasteiger partial charge in [0, 0.05) is 41.5 Å². The van der Waals surface area contributed by atoms with Crippen molar-refractivity contribution in [3.63, 3.8) is 0 Å². The minimum absolute atomic E-state index is 0.218. The Hall–Kier alpha value is -4.35. The Bertz CT molecular complexity index is 1610. The van der Waals surface area contributed by atoms with E-state index >= 15 is 0 Å². The molecule has 6 rings (SSSR count). The molecule has 38 heavy (non-hydrogen) atoms. The van der Waals surface area contributed by atoms with Crippen LogP contribution in [0.2, 0.25) is 0 Å². The molecule has 4 aromatic rings. The summed E-state index contributed by atoms with van der Waals surface area (Å²) in [5, 5.41) is 13.4. The highest BCUT2D eigenvalue weighted by Crippen LogP contribution is 2.33. The number of nitriles is 1. The van der Waals surface area contributed by atoms with Crippen LogP contribution in [0.15, 0.2) is 60.8 Å². The second-order valence-corrected chi connectivity index (χ2v) is 10.1. The predicted molar refractivity (Wildman–Crippen MR) is 142 cm³/mol. The van der Waals surface area contributed by atoms with Gasteiger partial charge in [-0.2, -0.15) is 5.26 Å². The number of carbonyl (C=O) groups is 1. The van der Waals surface area contributed by atoms with Crippen molar-refractivity contribution in [1.82, 2.24) is 15.3 Å². The van der Waals surface area contributed by atoms with Crippen LogP contribution in [0.4, 0.5) is 10.1 Å². The van der Waals surface area contributed by atoms with Crippen molar-refractivity contribution in [3.05, 3.63) is 89.0 Å². The Morgan fingerprint density at radius 1 is 1.18 bits per heavy atom. The van der Waals surface area contributed by atoms with Crippen LogP contribution in [0.1, 0.15) is 40.5 Å². The number of aromatic nitrogens is 2. The van der Waals surface area contributed by atoms with Gasteiger partial charge in [-0.15, -0.1) is 0 Å². The zero-order chi connectivity index (χ0) is 26.3. The molecule has 0 bridgehead atoms. The molecule has 2 aliphatic rings. The lowest BCUT2D eigenvalue weighted by Gasteiger charge is -2.33. The number of anilines is 1. The van der Waals surface area contributed by atoms with Crippen LogP contribution in [-0.4, -0.2) is 35.6 Å². The average Bonchev–Trinajstić information content (AvgIpc) is 2.90. The Labute approximate surface area is 219 Å². The fourth-order valence-electron chi connectivity index (χ4n) is 4.96. The molecule has 1 N–H and O–H groups in total. The summed E-state index contributed by atoms with van der Waals surface area (Å²) in [4.78, 5) is 24.3. The van der Waals surface area contributed by atoms with Gasteiger partial charge >= 0.3 is 0 Å². The van der Waals surface area contributed by atoms with Crippen molar-refractivity contribution in [2.45, 2.75) is 31.9 Å². The minimum Gasteiger partial charge on any atom is -0.375 e. The van der Waals surface area contributed by atoms with E-state index in [1.54, 1.807) is 24.4 Å². The molecule has 0 unspecified atom stereocenters. The van der Waals surface area contributed by atoms with Gasteiger partial charge in [-0.1, -0.05) is 6.07 Å². The first kappa shape index (κ1) is 24.0. The fraction of sp³-hybridized carbons (Fsp3) is 0.267. The van der Waals surface area contributed by atoms with Crippen molar-refractivity contribution in [3.8, 4) is 17.3 Å². The molecule has 0 spiro atoms. The lowest BCUT2D eigenvalue weighted by atomic mass is 9.79. The molecule has 4 heterocycles. The number of fused-ring (bicyclic) bond motifs is 2. The van der Waals surface area contributed by atoms with Crippen LogP contribution in [0.3, 0.4) is 0 Å². The second-order valence-electron chi connectivity index (χ2n) is 10.1. The molecule has 2 aliphatic heterocycles. The van der Waals surface area contributed by atoms with E-state index in [0.717, 1.165) is 52.8 Å². The van der Waals surface area contributed by atoms with Gasteiger partial charge in [-0.3, -0.25) is 9.78 Å². The minimum atomic E-state index is -0.787. The highest BCUT2D eigenvalue weighted by molar-refractivity contribution is 5.94. The van der Waals surface area contributed by atoms with Crippen LogP contribution >= 0.6 is 0 Å². The summed E-state index contributed by atoms with van der Waals surface area (Å²) in [5.74, 6) is -0.532. The highest BCUT2D eigenvalue weighted by Gasteiger charge is 2.33. The van der Waals surface area contributed by atoms with Gasteiger partial charge < -0.3 is 15.0 Å². The molecule has 0 saturated carbocycles. The van der Waals surface area contributed by atoms with Gasteiger partial charge in [0.1, 0.15) is 11.2 Å². The van der Waals surface area contributed by atoms with Crippen molar-refractivity contribution in [2.24, 2.45) is 0 Å². The second kappa shape index (κ2) is 9.51. The van der Waals surface area contributed by atoms with Crippen molar-refractivity contribution in [2.75, 3.05) is 24.6 Å². The molecular formula is C30H26FN5O2. The third-order valence-corrected chi connectivity index (χ3v) is 7.32. The number of amides is 1. The first-order valence-corrected chi connectivity index (χ1v) is 12.6. The summed E-state index contributed by atoms with van der Waals surface area (Å²) >= 11 is 0. The SMILES string of the molecule is C[C@@]1(C#N)COCc2ccc(C(=O)NCc3cc4nc(-c5cc(F)cc(N6CCC6)c5)ccc4cn3)cc21. The molecule has 2 aromatic heterocycles. The molecule has 0 radical (unpaired) electrons. The summed E-state index contributed by atoms with van der Waals surface area (Å²) in [5.41, 5.74) is 5.10. The third kappa shape index (κ3) is 4.46. The number of benzene rings is 2. The van der Waals surface area contributed by atoms with E-state index in [2.05, 4.69) is 21.3 Å². The zero-order valence-electron chi connectivity index (χ0n) is 21.0. The number of nitrogens with zero attached hydrogens (tertiary/aromatic N) is 4.